The van der Waals surface area contributed by atoms with E-state index in [0.717, 1.165) is 6.26 Å². The molecule has 10 heteroatoms. The van der Waals surface area contributed by atoms with Gasteiger partial charge in [0, 0.05) is 13.3 Å². The number of sulfonamides is 1. The van der Waals surface area contributed by atoms with E-state index in [-0.39, 0.29) is 11.5 Å². The third kappa shape index (κ3) is 4.23. The fourth-order valence-corrected chi connectivity index (χ4v) is 3.77. The van der Waals surface area contributed by atoms with Crippen LogP contribution in [0.2, 0.25) is 0 Å². The molecule has 3 N–H and O–H groups in total. The van der Waals surface area contributed by atoms with Crippen molar-refractivity contribution in [3.63, 3.8) is 0 Å². The normalized spacial score (nSPS) is 12.6. The average Bonchev–Trinajstić information content (AvgIpc) is 2.45. The van der Waals surface area contributed by atoms with Crippen LogP contribution in [0.15, 0.2) is 6.20 Å². The molecule has 0 bridgehead atoms. The molecule has 98 valence electrons. The van der Waals surface area contributed by atoms with Gasteiger partial charge in [-0.25, -0.2) is 16.8 Å². The number of aromatic nitrogens is 2. The van der Waals surface area contributed by atoms with Crippen LogP contribution in [0.1, 0.15) is 0 Å². The maximum atomic E-state index is 11.6. The van der Waals surface area contributed by atoms with E-state index in [9.17, 15) is 16.8 Å². The largest absolute Gasteiger partial charge is 0.394 e. The molecule has 0 saturated heterocycles. The zero-order chi connectivity index (χ0) is 13.3. The van der Waals surface area contributed by atoms with Gasteiger partial charge in [0.2, 0.25) is 10.0 Å². The number of nitrogens with zero attached hydrogens (tertiary/aromatic N) is 2. The maximum absolute atomic E-state index is 11.6. The molecule has 0 saturated carbocycles. The Morgan fingerprint density at radius 3 is 2.35 bits per heavy atom. The molecule has 0 aromatic carbocycles. The molecule has 0 amide bonds. The fraction of sp³-hybridized carbons (Fsp3) is 0.571. The Morgan fingerprint density at radius 1 is 1.35 bits per heavy atom. The summed E-state index contributed by atoms with van der Waals surface area (Å²) < 4.78 is 48.4. The number of anilines is 2. The fourth-order valence-electron chi connectivity index (χ4n) is 1.04. The summed E-state index contributed by atoms with van der Waals surface area (Å²) in [5.41, 5.74) is 5.68. The smallest absolute Gasteiger partial charge is 0.234 e. The third-order valence-electron chi connectivity index (χ3n) is 1.94. The van der Waals surface area contributed by atoms with E-state index in [1.807, 2.05) is 0 Å². The number of sulfone groups is 1. The Labute approximate surface area is 99.8 Å². The van der Waals surface area contributed by atoms with Crippen LogP contribution in [-0.2, 0) is 26.9 Å². The summed E-state index contributed by atoms with van der Waals surface area (Å²) in [6, 6.07) is 0. The molecule has 0 aliphatic heterocycles. The molecule has 1 aromatic rings. The zero-order valence-electron chi connectivity index (χ0n) is 9.41. The van der Waals surface area contributed by atoms with Crippen LogP contribution in [0.25, 0.3) is 0 Å². The predicted octanol–water partition coefficient (Wildman–Crippen LogP) is -1.21. The molecule has 0 radical (unpaired) electrons. The first-order chi connectivity index (χ1) is 7.61. The molecular formula is C7H14N4O4S2. The molecule has 1 heterocycles. The van der Waals surface area contributed by atoms with E-state index in [1.165, 1.54) is 17.9 Å². The van der Waals surface area contributed by atoms with E-state index < -0.39 is 31.4 Å². The van der Waals surface area contributed by atoms with Crippen molar-refractivity contribution in [3.8, 4) is 0 Å². The summed E-state index contributed by atoms with van der Waals surface area (Å²) >= 11 is 0. The summed E-state index contributed by atoms with van der Waals surface area (Å²) in [6.45, 7) is 0. The predicted molar refractivity (Wildman–Crippen MR) is 64.7 cm³/mol. The number of hydrogen-bond acceptors (Lipinski definition) is 6. The highest BCUT2D eigenvalue weighted by Gasteiger charge is 2.17. The standard InChI is InChI=1S/C7H14N4O4S2/c1-11-7(6(8)5-9-11)10-17(14,15)4-3-16(2,12)13/h5,10H,3-4,8H2,1-2H3. The van der Waals surface area contributed by atoms with E-state index in [0.29, 0.717) is 0 Å². The van der Waals surface area contributed by atoms with Gasteiger partial charge in [-0.05, 0) is 0 Å². The number of nitrogens with two attached hydrogens (primary N) is 1. The first kappa shape index (κ1) is 13.8. The van der Waals surface area contributed by atoms with E-state index in [4.69, 9.17) is 5.73 Å². The lowest BCUT2D eigenvalue weighted by Gasteiger charge is -2.08. The van der Waals surface area contributed by atoms with Gasteiger partial charge < -0.3 is 5.73 Å². The molecule has 1 aromatic heterocycles. The molecule has 0 aliphatic carbocycles. The van der Waals surface area contributed by atoms with Crippen molar-refractivity contribution in [1.29, 1.82) is 0 Å². The molecule has 0 spiro atoms. The lowest BCUT2D eigenvalue weighted by molar-refractivity contribution is 0.593. The minimum Gasteiger partial charge on any atom is -0.394 e. The van der Waals surface area contributed by atoms with Crippen LogP contribution >= 0.6 is 0 Å². The van der Waals surface area contributed by atoms with Crippen LogP contribution in [0.3, 0.4) is 0 Å². The highest BCUT2D eigenvalue weighted by Crippen LogP contribution is 2.17. The van der Waals surface area contributed by atoms with Crippen molar-refractivity contribution in [2.45, 2.75) is 0 Å². The Balaban J connectivity index is 2.81. The van der Waals surface area contributed by atoms with Crippen molar-refractivity contribution in [3.05, 3.63) is 6.20 Å². The first-order valence-electron chi connectivity index (χ1n) is 4.56. The van der Waals surface area contributed by atoms with Crippen LogP contribution in [0.5, 0.6) is 0 Å². The van der Waals surface area contributed by atoms with Crippen molar-refractivity contribution in [2.24, 2.45) is 7.05 Å². The number of aryl methyl sites for hydroxylation is 1. The minimum atomic E-state index is -3.75. The molecule has 0 aliphatic rings. The number of nitrogen functional groups attached to an aromatic ring is 1. The van der Waals surface area contributed by atoms with Gasteiger partial charge in [-0.3, -0.25) is 9.40 Å². The Morgan fingerprint density at radius 2 is 1.94 bits per heavy atom. The van der Waals surface area contributed by atoms with Gasteiger partial charge in [0.25, 0.3) is 0 Å². The maximum Gasteiger partial charge on any atom is 0.234 e. The van der Waals surface area contributed by atoms with Crippen molar-refractivity contribution < 1.29 is 16.8 Å². The molecule has 17 heavy (non-hydrogen) atoms. The molecule has 0 fully saturated rings. The molecular weight excluding hydrogens is 268 g/mol. The zero-order valence-corrected chi connectivity index (χ0v) is 11.0. The molecule has 0 atom stereocenters. The SMILES string of the molecule is Cn1ncc(N)c1NS(=O)(=O)CCS(C)(=O)=O. The number of nitrogens with one attached hydrogen (secondary N) is 1. The quantitative estimate of drug-likeness (QED) is 0.698. The van der Waals surface area contributed by atoms with Gasteiger partial charge in [0.05, 0.1) is 23.4 Å². The summed E-state index contributed by atoms with van der Waals surface area (Å²) in [5, 5.41) is 3.76. The lowest BCUT2D eigenvalue weighted by Crippen LogP contribution is -2.24. The third-order valence-corrected chi connectivity index (χ3v) is 4.39. The summed E-state index contributed by atoms with van der Waals surface area (Å²) in [5.74, 6) is -0.838. The Hall–Kier alpha value is -1.29. The van der Waals surface area contributed by atoms with Crippen LogP contribution < -0.4 is 10.5 Å². The lowest BCUT2D eigenvalue weighted by atomic mass is 10.5. The Bertz CT molecular complexity index is 582. The highest BCUT2D eigenvalue weighted by atomic mass is 32.2. The van der Waals surface area contributed by atoms with Gasteiger partial charge >= 0.3 is 0 Å². The average molecular weight is 282 g/mol. The Kier molecular flexibility index (Phi) is 3.67. The minimum absolute atomic E-state index is 0.124. The second-order valence-corrected chi connectivity index (χ2v) is 7.72. The number of hydrogen-bond donors (Lipinski definition) is 2. The topological polar surface area (TPSA) is 124 Å². The van der Waals surface area contributed by atoms with E-state index >= 15 is 0 Å². The van der Waals surface area contributed by atoms with E-state index in [2.05, 4.69) is 9.82 Å². The van der Waals surface area contributed by atoms with Crippen LogP contribution in [0.4, 0.5) is 11.5 Å². The van der Waals surface area contributed by atoms with Crippen LogP contribution in [-0.4, -0.2) is 44.4 Å². The van der Waals surface area contributed by atoms with Gasteiger partial charge in [-0.15, -0.1) is 0 Å². The van der Waals surface area contributed by atoms with Gasteiger partial charge in [-0.2, -0.15) is 5.10 Å². The summed E-state index contributed by atoms with van der Waals surface area (Å²) in [6.07, 6.45) is 2.27. The van der Waals surface area contributed by atoms with Crippen LogP contribution in [0, 0.1) is 0 Å². The highest BCUT2D eigenvalue weighted by molar-refractivity contribution is 7.95. The number of rotatable bonds is 5. The second kappa shape index (κ2) is 4.53. The van der Waals surface area contributed by atoms with Gasteiger partial charge in [0.15, 0.2) is 5.82 Å². The molecule has 0 unspecified atom stereocenters. The monoisotopic (exact) mass is 282 g/mol. The molecule has 1 rings (SSSR count). The summed E-state index contributed by atoms with van der Waals surface area (Å²) in [4.78, 5) is 0. The van der Waals surface area contributed by atoms with Crippen molar-refractivity contribution in [2.75, 3.05) is 28.2 Å². The van der Waals surface area contributed by atoms with Gasteiger partial charge in [-0.1, -0.05) is 0 Å². The molecule has 8 nitrogen and oxygen atoms in total. The first-order valence-corrected chi connectivity index (χ1v) is 8.28. The summed E-state index contributed by atoms with van der Waals surface area (Å²) in [7, 11) is -5.56. The van der Waals surface area contributed by atoms with Crippen molar-refractivity contribution in [1.82, 2.24) is 9.78 Å². The second-order valence-electron chi connectivity index (χ2n) is 3.62. The van der Waals surface area contributed by atoms with E-state index in [1.54, 1.807) is 0 Å². The van der Waals surface area contributed by atoms with Gasteiger partial charge in [0.1, 0.15) is 9.84 Å². The van der Waals surface area contributed by atoms with Crippen molar-refractivity contribution >= 4 is 31.4 Å².